The SMILES string of the molecule is C[C@@H]1CN2c3c(cc4c(OC[C@@H]5CCC(=O)N5)noc4c3F)CC3(C(=O)NC(=O)NC3=O)[C@H]2[C@H](C)O1. The number of carbonyl (C=O) groups is 4. The van der Waals surface area contributed by atoms with Gasteiger partial charge in [0.05, 0.1) is 35.4 Å². The Bertz CT molecular complexity index is 1310. The standard InChI is InChI=1S/C23H24FN5O7/c1-9-7-29-16-11(6-23(18(29)10(2)35-9)20(31)26-22(33)27-21(23)32)5-13-17(15(16)24)36-28-19(13)34-8-12-3-4-14(30)25-12/h5,9-10,12,18H,3-4,6-8H2,1-2H3,(H,25,30)(H2,26,27,31,32,33)/t9-,10+,12+,18-/m1/s1. The summed E-state index contributed by atoms with van der Waals surface area (Å²) in [5, 5.41) is 11.3. The largest absolute Gasteiger partial charge is 0.473 e. The molecular weight excluding hydrogens is 477 g/mol. The molecule has 3 fully saturated rings. The third kappa shape index (κ3) is 3.18. The monoisotopic (exact) mass is 501 g/mol. The number of anilines is 1. The predicted octanol–water partition coefficient (Wildman–Crippen LogP) is 0.515. The third-order valence-electron chi connectivity index (χ3n) is 7.44. The molecule has 0 aliphatic carbocycles. The van der Waals surface area contributed by atoms with Crippen molar-refractivity contribution in [1.29, 1.82) is 0 Å². The molecule has 0 saturated carbocycles. The van der Waals surface area contributed by atoms with Crippen molar-refractivity contribution < 1.29 is 37.6 Å². The minimum absolute atomic E-state index is 0.0421. The molecule has 1 aromatic heterocycles. The second-order valence-corrected chi connectivity index (χ2v) is 9.81. The van der Waals surface area contributed by atoms with E-state index in [2.05, 4.69) is 21.1 Å². The number of imide groups is 2. The van der Waals surface area contributed by atoms with Gasteiger partial charge in [-0.1, -0.05) is 0 Å². The van der Waals surface area contributed by atoms with Crippen LogP contribution in [-0.4, -0.2) is 66.4 Å². The summed E-state index contributed by atoms with van der Waals surface area (Å²) < 4.78 is 33.0. The van der Waals surface area contributed by atoms with Gasteiger partial charge in [-0.05, 0) is 37.1 Å². The molecule has 3 saturated heterocycles. The first-order valence-corrected chi connectivity index (χ1v) is 11.8. The maximum Gasteiger partial charge on any atom is 0.328 e. The van der Waals surface area contributed by atoms with Gasteiger partial charge in [0, 0.05) is 19.4 Å². The Morgan fingerprint density at radius 1 is 1.22 bits per heavy atom. The number of ether oxygens (including phenoxy) is 2. The number of benzene rings is 1. The fraction of sp³-hybridized carbons (Fsp3) is 0.522. The lowest BCUT2D eigenvalue weighted by atomic mass is 9.66. The average molecular weight is 501 g/mol. The lowest BCUT2D eigenvalue weighted by Gasteiger charge is -2.55. The van der Waals surface area contributed by atoms with Gasteiger partial charge in [0.2, 0.25) is 23.3 Å². The Balaban J connectivity index is 1.46. The highest BCUT2D eigenvalue weighted by Gasteiger charge is 2.63. The highest BCUT2D eigenvalue weighted by atomic mass is 19.1. The van der Waals surface area contributed by atoms with Gasteiger partial charge in [0.25, 0.3) is 5.88 Å². The van der Waals surface area contributed by atoms with Gasteiger partial charge in [-0.2, -0.15) is 0 Å². The van der Waals surface area contributed by atoms with E-state index < -0.39 is 41.2 Å². The summed E-state index contributed by atoms with van der Waals surface area (Å²) in [6.07, 6.45) is -0.106. The quantitative estimate of drug-likeness (QED) is 0.511. The van der Waals surface area contributed by atoms with Crippen LogP contribution in [0.5, 0.6) is 5.88 Å². The van der Waals surface area contributed by atoms with Crippen molar-refractivity contribution in [3.63, 3.8) is 0 Å². The van der Waals surface area contributed by atoms with Crippen molar-refractivity contribution in [3.8, 4) is 5.88 Å². The summed E-state index contributed by atoms with van der Waals surface area (Å²) in [4.78, 5) is 51.5. The molecule has 2 aromatic rings. The normalized spacial score (nSPS) is 29.0. The van der Waals surface area contributed by atoms with Gasteiger partial charge < -0.3 is 24.2 Å². The van der Waals surface area contributed by atoms with E-state index in [9.17, 15) is 19.2 Å². The molecule has 0 bridgehead atoms. The van der Waals surface area contributed by atoms with Crippen molar-refractivity contribution in [3.05, 3.63) is 17.4 Å². The second-order valence-electron chi connectivity index (χ2n) is 9.81. The summed E-state index contributed by atoms with van der Waals surface area (Å²) in [5.41, 5.74) is -1.27. The van der Waals surface area contributed by atoms with E-state index in [4.69, 9.17) is 14.0 Å². The molecule has 6 rings (SSSR count). The zero-order valence-corrected chi connectivity index (χ0v) is 19.6. The number of nitrogens with one attached hydrogen (secondary N) is 3. The van der Waals surface area contributed by atoms with Crippen LogP contribution in [0.15, 0.2) is 10.6 Å². The first-order chi connectivity index (χ1) is 17.2. The lowest BCUT2D eigenvalue weighted by molar-refractivity contribution is -0.153. The first-order valence-electron chi connectivity index (χ1n) is 11.8. The Hall–Kier alpha value is -3.74. The van der Waals surface area contributed by atoms with E-state index in [0.717, 1.165) is 0 Å². The van der Waals surface area contributed by atoms with E-state index in [1.807, 2.05) is 6.92 Å². The van der Waals surface area contributed by atoms with Gasteiger partial charge in [0.1, 0.15) is 6.61 Å². The summed E-state index contributed by atoms with van der Waals surface area (Å²) in [5.74, 6) is -2.24. The van der Waals surface area contributed by atoms with Gasteiger partial charge in [-0.3, -0.25) is 25.0 Å². The van der Waals surface area contributed by atoms with E-state index in [1.54, 1.807) is 17.9 Å². The number of urea groups is 1. The molecule has 1 aromatic carbocycles. The van der Waals surface area contributed by atoms with Crippen LogP contribution in [0.4, 0.5) is 14.9 Å². The number of halogens is 1. The third-order valence-corrected chi connectivity index (χ3v) is 7.44. The van der Waals surface area contributed by atoms with Crippen LogP contribution in [0.2, 0.25) is 0 Å². The minimum Gasteiger partial charge on any atom is -0.473 e. The number of amides is 5. The highest BCUT2D eigenvalue weighted by molar-refractivity contribution is 6.20. The molecule has 12 nitrogen and oxygen atoms in total. The van der Waals surface area contributed by atoms with E-state index in [-0.39, 0.29) is 60.2 Å². The van der Waals surface area contributed by atoms with Crippen LogP contribution >= 0.6 is 0 Å². The number of hydrogen-bond donors (Lipinski definition) is 3. The number of carbonyl (C=O) groups excluding carboxylic acids is 4. The number of morpholine rings is 1. The summed E-state index contributed by atoms with van der Waals surface area (Å²) >= 11 is 0. The molecule has 4 aliphatic heterocycles. The number of rotatable bonds is 3. The molecule has 190 valence electrons. The van der Waals surface area contributed by atoms with Crippen molar-refractivity contribution >= 4 is 40.4 Å². The van der Waals surface area contributed by atoms with Crippen LogP contribution in [0.3, 0.4) is 0 Å². The smallest absolute Gasteiger partial charge is 0.328 e. The fourth-order valence-corrected chi connectivity index (χ4v) is 6.01. The Labute approximate surface area is 203 Å². The van der Waals surface area contributed by atoms with E-state index >= 15 is 4.39 Å². The van der Waals surface area contributed by atoms with Crippen LogP contribution < -0.4 is 25.6 Å². The number of fused-ring (bicyclic) bond motifs is 5. The van der Waals surface area contributed by atoms with Crippen molar-refractivity contribution in [2.75, 3.05) is 18.1 Å². The molecule has 0 unspecified atom stereocenters. The fourth-order valence-electron chi connectivity index (χ4n) is 6.01. The molecule has 5 heterocycles. The van der Waals surface area contributed by atoms with Crippen LogP contribution in [0.1, 0.15) is 32.3 Å². The van der Waals surface area contributed by atoms with Gasteiger partial charge in [0.15, 0.2) is 11.2 Å². The van der Waals surface area contributed by atoms with E-state index in [1.165, 1.54) is 0 Å². The van der Waals surface area contributed by atoms with Crippen LogP contribution in [0, 0.1) is 11.2 Å². The van der Waals surface area contributed by atoms with Crippen molar-refractivity contribution in [2.45, 2.75) is 57.4 Å². The molecule has 4 atom stereocenters. The minimum atomic E-state index is -1.73. The Kier molecular flexibility index (Phi) is 4.97. The molecule has 36 heavy (non-hydrogen) atoms. The average Bonchev–Trinajstić information content (AvgIpc) is 3.41. The molecule has 1 spiro atoms. The Morgan fingerprint density at radius 2 is 1.97 bits per heavy atom. The summed E-state index contributed by atoms with van der Waals surface area (Å²) in [6, 6.07) is -0.363. The number of barbiturate groups is 1. The predicted molar refractivity (Wildman–Crippen MR) is 120 cm³/mol. The topological polar surface area (TPSA) is 152 Å². The molecule has 4 aliphatic rings. The van der Waals surface area contributed by atoms with Gasteiger partial charge in [-0.15, -0.1) is 0 Å². The molecular formula is C23H24FN5O7. The molecule has 0 radical (unpaired) electrons. The first kappa shape index (κ1) is 22.7. The molecule has 3 N–H and O–H groups in total. The van der Waals surface area contributed by atoms with E-state index in [0.29, 0.717) is 18.4 Å². The number of hydrogen-bond acceptors (Lipinski definition) is 9. The lowest BCUT2D eigenvalue weighted by Crippen LogP contribution is -2.75. The second kappa shape index (κ2) is 7.88. The Morgan fingerprint density at radius 3 is 2.67 bits per heavy atom. The zero-order valence-electron chi connectivity index (χ0n) is 19.6. The van der Waals surface area contributed by atoms with Crippen molar-refractivity contribution in [1.82, 2.24) is 21.1 Å². The number of nitrogens with zero attached hydrogens (tertiary/aromatic N) is 2. The van der Waals surface area contributed by atoms with Crippen LogP contribution in [-0.2, 0) is 25.5 Å². The zero-order chi connectivity index (χ0) is 25.4. The summed E-state index contributed by atoms with van der Waals surface area (Å²) in [6.45, 7) is 3.87. The highest BCUT2D eigenvalue weighted by Crippen LogP contribution is 2.49. The maximum absolute atomic E-state index is 16.0. The van der Waals surface area contributed by atoms with Crippen molar-refractivity contribution in [2.24, 2.45) is 5.41 Å². The van der Waals surface area contributed by atoms with Crippen LogP contribution in [0.25, 0.3) is 11.0 Å². The number of aromatic nitrogens is 1. The molecule has 13 heteroatoms. The molecule has 5 amide bonds. The maximum atomic E-state index is 16.0. The van der Waals surface area contributed by atoms with Gasteiger partial charge >= 0.3 is 6.03 Å². The summed E-state index contributed by atoms with van der Waals surface area (Å²) in [7, 11) is 0. The van der Waals surface area contributed by atoms with Gasteiger partial charge in [-0.25, -0.2) is 9.18 Å².